The van der Waals surface area contributed by atoms with Crippen LogP contribution >= 0.6 is 7.60 Å². The summed E-state index contributed by atoms with van der Waals surface area (Å²) >= 11 is 0. The number of allylic oxidation sites excluding steroid dienone is 7. The van der Waals surface area contributed by atoms with Gasteiger partial charge >= 0.3 is 7.60 Å². The fourth-order valence-corrected chi connectivity index (χ4v) is 7.99. The van der Waals surface area contributed by atoms with Crippen LogP contribution in [0.2, 0.25) is 0 Å². The molecule has 0 radical (unpaired) electrons. The molecule has 16 heteroatoms. The number of dihydropyridines is 1. The van der Waals surface area contributed by atoms with Gasteiger partial charge in [0.2, 0.25) is 17.7 Å². The molecule has 3 atom stereocenters. The van der Waals surface area contributed by atoms with Gasteiger partial charge in [0.15, 0.2) is 11.9 Å². The van der Waals surface area contributed by atoms with Crippen molar-refractivity contribution in [3.63, 3.8) is 0 Å². The van der Waals surface area contributed by atoms with E-state index < -0.39 is 42.7 Å². The van der Waals surface area contributed by atoms with E-state index in [1.807, 2.05) is 0 Å². The molecule has 1 aliphatic heterocycles. The zero-order chi connectivity index (χ0) is 39.0. The Bertz CT molecular complexity index is 1820. The molecule has 4 aliphatic rings. The first-order valence-electron chi connectivity index (χ1n) is 17.9. The molecule has 1 aromatic carbocycles. The van der Waals surface area contributed by atoms with Crippen molar-refractivity contribution in [2.24, 2.45) is 22.2 Å². The average molecular weight is 773 g/mol. The molecular weight excluding hydrogens is 725 g/mol. The zero-order valence-electron chi connectivity index (χ0n) is 31.1. The summed E-state index contributed by atoms with van der Waals surface area (Å²) in [7, 11) is -1.95. The molecule has 3 amide bonds. The monoisotopic (exact) mass is 772 g/mol. The fraction of sp³-hybridized carbons (Fsp3) is 0.474. The lowest BCUT2D eigenvalue weighted by atomic mass is 9.90. The van der Waals surface area contributed by atoms with Gasteiger partial charge in [-0.2, -0.15) is 0 Å². The van der Waals surface area contributed by atoms with Gasteiger partial charge in [0.05, 0.1) is 38.5 Å². The van der Waals surface area contributed by atoms with E-state index in [9.17, 15) is 23.3 Å². The fourth-order valence-electron chi connectivity index (χ4n) is 6.21. The van der Waals surface area contributed by atoms with E-state index in [1.165, 1.54) is 49.3 Å². The minimum atomic E-state index is -3.47. The third-order valence-electron chi connectivity index (χ3n) is 9.47. The summed E-state index contributed by atoms with van der Waals surface area (Å²) in [6.45, 7) is 7.29. The third-order valence-corrected chi connectivity index (χ3v) is 11.5. The summed E-state index contributed by atoms with van der Waals surface area (Å²) < 4.78 is 70.7. The first kappa shape index (κ1) is 40.6. The van der Waals surface area contributed by atoms with Crippen LogP contribution in [0.5, 0.6) is 0 Å². The number of hydrogen-bond acceptors (Lipinski definition) is 10. The van der Waals surface area contributed by atoms with E-state index in [0.29, 0.717) is 60.0 Å². The highest BCUT2D eigenvalue weighted by Crippen LogP contribution is 2.49. The van der Waals surface area contributed by atoms with Crippen LogP contribution in [-0.4, -0.2) is 74.8 Å². The summed E-state index contributed by atoms with van der Waals surface area (Å²) in [6, 6.07) is 5.25. The minimum Gasteiger partial charge on any atom is -0.497 e. The smallest absolute Gasteiger partial charge is 0.349 e. The number of aliphatic imine (C=N–C) groups is 1. The maximum atomic E-state index is 15.9. The molecular formula is C38H47F2N4O9P. The van der Waals surface area contributed by atoms with Crippen LogP contribution in [0.4, 0.5) is 14.5 Å². The number of nitrogens with one attached hydrogen (secondary N) is 2. The van der Waals surface area contributed by atoms with Crippen LogP contribution in [0.1, 0.15) is 53.4 Å². The number of hydrogen-bond donors (Lipinski definition) is 2. The molecule has 1 heterocycles. The largest absolute Gasteiger partial charge is 0.497 e. The van der Waals surface area contributed by atoms with Gasteiger partial charge in [-0.3, -0.25) is 23.9 Å². The number of rotatable bonds is 18. The van der Waals surface area contributed by atoms with Crippen molar-refractivity contribution in [1.29, 1.82) is 0 Å². The maximum absolute atomic E-state index is 15.9. The van der Waals surface area contributed by atoms with Crippen LogP contribution in [0.25, 0.3) is 0 Å². The zero-order valence-corrected chi connectivity index (χ0v) is 32.0. The maximum Gasteiger partial charge on any atom is 0.349 e. The van der Waals surface area contributed by atoms with E-state index in [0.717, 1.165) is 0 Å². The highest BCUT2D eigenvalue weighted by Gasteiger charge is 2.57. The second-order valence-corrected chi connectivity index (χ2v) is 15.2. The molecule has 5 rings (SSSR count). The lowest BCUT2D eigenvalue weighted by Crippen LogP contribution is -2.42. The molecule has 2 N–H and O–H groups in total. The van der Waals surface area contributed by atoms with Gasteiger partial charge < -0.3 is 38.8 Å². The number of carbonyl (C=O) groups excluding carboxylic acids is 3. The molecule has 3 unspecified atom stereocenters. The highest BCUT2D eigenvalue weighted by molar-refractivity contribution is 7.53. The van der Waals surface area contributed by atoms with Gasteiger partial charge in [-0.25, -0.2) is 8.78 Å². The van der Waals surface area contributed by atoms with Crippen LogP contribution in [0, 0.1) is 23.1 Å². The molecule has 1 fully saturated rings. The number of methoxy groups -OCH3 is 1. The molecule has 0 bridgehead atoms. The van der Waals surface area contributed by atoms with Gasteiger partial charge in [0, 0.05) is 49.5 Å². The Morgan fingerprint density at radius 1 is 1.02 bits per heavy atom. The molecule has 54 heavy (non-hydrogen) atoms. The van der Waals surface area contributed by atoms with Gasteiger partial charge in [-0.15, -0.1) is 0 Å². The Labute approximate surface area is 313 Å². The van der Waals surface area contributed by atoms with Crippen molar-refractivity contribution in [2.75, 3.05) is 45.1 Å². The lowest BCUT2D eigenvalue weighted by molar-refractivity contribution is -0.134. The number of ether oxygens (including phenoxy) is 3. The summed E-state index contributed by atoms with van der Waals surface area (Å²) in [4.78, 5) is 44.5. The first-order chi connectivity index (χ1) is 25.8. The standard InChI is InChI=1S/C38H47F2N4O9P/c1-6-51-54(48,52-7-2)23-44(25(4)45)19-8-20-50-34-22-30-28(21-33(34)49-5)31(15-18-41-30)53-32-14-13-29(24(3)35(32)40)43-37(47)38(16-17-38)36(46)42-27-11-9-26(39)10-12-27/h9-15,18,22,24,28,35H,6-8,16-17,19-21,23H2,1-5H3,(H,42,46)(H,43,47). The predicted octanol–water partition coefficient (Wildman–Crippen LogP) is 6.64. The number of anilines is 1. The first-order valence-corrected chi connectivity index (χ1v) is 19.7. The van der Waals surface area contributed by atoms with Gasteiger partial charge in [-0.1, -0.05) is 6.92 Å². The number of carbonyl (C=O) groups is 3. The second kappa shape index (κ2) is 17.7. The average Bonchev–Trinajstić information content (AvgIpc) is 3.96. The topological polar surface area (TPSA) is 154 Å². The third kappa shape index (κ3) is 9.55. The Balaban J connectivity index is 1.18. The molecule has 3 aliphatic carbocycles. The van der Waals surface area contributed by atoms with Crippen molar-refractivity contribution in [2.45, 2.75) is 59.5 Å². The highest BCUT2D eigenvalue weighted by atomic mass is 31.2. The number of nitrogens with zero attached hydrogens (tertiary/aromatic N) is 2. The molecule has 0 saturated heterocycles. The normalized spacial score (nSPS) is 21.4. The SMILES string of the molecule is CCOP(=O)(CN(CCCOC1=C(OC)CC2C(=C1)N=CC=C2OC1=CC=C(NC(=O)C2(C(=O)Nc3ccc(F)cc3)CC2)C(C)C1F)C(C)=O)OCC. The summed E-state index contributed by atoms with van der Waals surface area (Å²) in [5.74, 6) is -1.44. The Morgan fingerprint density at radius 3 is 2.33 bits per heavy atom. The molecule has 292 valence electrons. The number of alkyl halides is 1. The van der Waals surface area contributed by atoms with Crippen molar-refractivity contribution in [3.8, 4) is 0 Å². The van der Waals surface area contributed by atoms with E-state index in [-0.39, 0.29) is 50.2 Å². The number of benzene rings is 1. The molecule has 13 nitrogen and oxygen atoms in total. The van der Waals surface area contributed by atoms with Crippen molar-refractivity contribution in [1.82, 2.24) is 10.2 Å². The summed E-state index contributed by atoms with van der Waals surface area (Å²) in [5, 5.41) is 5.42. The Hall–Kier alpha value is -4.59. The van der Waals surface area contributed by atoms with E-state index in [4.69, 9.17) is 23.3 Å². The van der Waals surface area contributed by atoms with E-state index in [2.05, 4.69) is 15.6 Å². The van der Waals surface area contributed by atoms with Gasteiger partial charge in [-0.05, 0) is 75.6 Å². The van der Waals surface area contributed by atoms with Crippen LogP contribution in [0.15, 0.2) is 88.0 Å². The van der Waals surface area contributed by atoms with E-state index >= 15 is 4.39 Å². The molecule has 0 aromatic heterocycles. The Morgan fingerprint density at radius 2 is 1.70 bits per heavy atom. The number of halogens is 2. The van der Waals surface area contributed by atoms with Crippen LogP contribution in [0.3, 0.4) is 0 Å². The quantitative estimate of drug-likeness (QED) is 0.0950. The number of fused-ring (bicyclic) bond motifs is 1. The van der Waals surface area contributed by atoms with Crippen molar-refractivity contribution < 1.29 is 51.0 Å². The minimum absolute atomic E-state index is 0.0508. The van der Waals surface area contributed by atoms with E-state index in [1.54, 1.807) is 45.2 Å². The molecule has 1 aromatic rings. The van der Waals surface area contributed by atoms with Gasteiger partial charge in [0.1, 0.15) is 34.8 Å². The summed E-state index contributed by atoms with van der Waals surface area (Å²) in [6.07, 6.45) is 7.64. The van der Waals surface area contributed by atoms with Crippen LogP contribution in [-0.2, 0) is 42.2 Å². The van der Waals surface area contributed by atoms with Crippen molar-refractivity contribution >= 4 is 37.2 Å². The summed E-state index contributed by atoms with van der Waals surface area (Å²) in [5.41, 5.74) is 0.0166. The molecule has 1 saturated carbocycles. The predicted molar refractivity (Wildman–Crippen MR) is 197 cm³/mol. The second-order valence-electron chi connectivity index (χ2n) is 13.2. The van der Waals surface area contributed by atoms with Crippen LogP contribution < -0.4 is 10.6 Å². The lowest BCUT2D eigenvalue weighted by Gasteiger charge is -2.31. The Kier molecular flexibility index (Phi) is 13.3. The van der Waals surface area contributed by atoms with Gasteiger partial charge in [0.25, 0.3) is 0 Å². The molecule has 0 spiro atoms. The van der Waals surface area contributed by atoms with Crippen molar-refractivity contribution in [3.05, 3.63) is 88.8 Å². The number of amides is 3.